The van der Waals surface area contributed by atoms with Crippen LogP contribution in [0.15, 0.2) is 133 Å². The first-order valence-corrected chi connectivity index (χ1v) is 15.2. The van der Waals surface area contributed by atoms with Crippen LogP contribution in [0.1, 0.15) is 33.9 Å². The van der Waals surface area contributed by atoms with Gasteiger partial charge in [-0.3, -0.25) is 0 Å². The highest BCUT2D eigenvalue weighted by Gasteiger charge is 2.50. The van der Waals surface area contributed by atoms with Crippen LogP contribution in [0.2, 0.25) is 0 Å². The Morgan fingerprint density at radius 3 is 1.41 bits per heavy atom. The highest BCUT2D eigenvalue weighted by Crippen LogP contribution is 2.49. The molecule has 0 fully saturated rings. The number of benzene rings is 5. The highest BCUT2D eigenvalue weighted by atomic mass is 32.2. The van der Waals surface area contributed by atoms with Gasteiger partial charge < -0.3 is 14.2 Å². The first-order valence-electron chi connectivity index (χ1n) is 13.8. The number of halogens is 3. The Morgan fingerprint density at radius 1 is 0.609 bits per heavy atom. The van der Waals surface area contributed by atoms with E-state index in [0.29, 0.717) is 16.7 Å². The third-order valence-corrected chi connectivity index (χ3v) is 8.22. The second-order valence-electron chi connectivity index (χ2n) is 9.91. The molecule has 240 valence electrons. The van der Waals surface area contributed by atoms with Crippen LogP contribution in [0.4, 0.5) is 13.2 Å². The number of methoxy groups -OCH3 is 2. The Morgan fingerprint density at radius 2 is 1.02 bits per heavy atom. The molecule has 0 aliphatic rings. The van der Waals surface area contributed by atoms with Crippen LogP contribution in [0.5, 0.6) is 17.2 Å². The van der Waals surface area contributed by atoms with Crippen molar-refractivity contribution in [1.29, 1.82) is 0 Å². The van der Waals surface area contributed by atoms with E-state index in [4.69, 9.17) is 18.4 Å². The van der Waals surface area contributed by atoms with E-state index in [2.05, 4.69) is 0 Å². The molecule has 0 heterocycles. The molecule has 5 aromatic rings. The van der Waals surface area contributed by atoms with E-state index >= 15 is 0 Å². The SMILES string of the molecule is COc1cc(OC)c(C(OS(=O)(=O)C(F)(F)F)c2ccccc2)c(OC(c2ccccc2)(c2ccccc2)c2ccccc2)c1.P. The molecule has 0 N–H and O–H groups in total. The molecular weight excluding hydrogens is 636 g/mol. The Balaban J connectivity index is 0.00000480. The van der Waals surface area contributed by atoms with Gasteiger partial charge in [0.05, 0.1) is 19.8 Å². The fourth-order valence-electron chi connectivity index (χ4n) is 5.15. The maximum atomic E-state index is 13.8. The Kier molecular flexibility index (Phi) is 10.8. The predicted octanol–water partition coefficient (Wildman–Crippen LogP) is 8.09. The second-order valence-corrected chi connectivity index (χ2v) is 11.5. The molecule has 6 nitrogen and oxygen atoms in total. The zero-order valence-corrected chi connectivity index (χ0v) is 27.2. The second kappa shape index (κ2) is 14.4. The maximum Gasteiger partial charge on any atom is 0.523 e. The smallest absolute Gasteiger partial charge is 0.496 e. The zero-order valence-electron chi connectivity index (χ0n) is 25.0. The van der Waals surface area contributed by atoms with Gasteiger partial charge in [0.15, 0.2) is 5.60 Å². The molecule has 0 radical (unpaired) electrons. The number of rotatable bonds is 11. The lowest BCUT2D eigenvalue weighted by Crippen LogP contribution is -2.36. The van der Waals surface area contributed by atoms with E-state index in [9.17, 15) is 21.6 Å². The summed E-state index contributed by atoms with van der Waals surface area (Å²) in [5, 5.41) is 0. The van der Waals surface area contributed by atoms with Crippen LogP contribution in [-0.4, -0.2) is 28.1 Å². The lowest BCUT2D eigenvalue weighted by atomic mass is 9.80. The van der Waals surface area contributed by atoms with Gasteiger partial charge in [-0.1, -0.05) is 121 Å². The minimum atomic E-state index is -6.09. The highest BCUT2D eigenvalue weighted by molar-refractivity contribution is 7.87. The summed E-state index contributed by atoms with van der Waals surface area (Å²) in [4.78, 5) is 0. The van der Waals surface area contributed by atoms with Crippen molar-refractivity contribution in [2.45, 2.75) is 17.2 Å². The molecule has 5 rings (SSSR count). The average Bonchev–Trinajstić information content (AvgIpc) is 3.07. The van der Waals surface area contributed by atoms with Crippen LogP contribution >= 0.6 is 9.90 Å². The largest absolute Gasteiger partial charge is 0.523 e. The molecule has 2 atom stereocenters. The quantitative estimate of drug-likeness (QED) is 0.0614. The van der Waals surface area contributed by atoms with Crippen molar-refractivity contribution in [3.63, 3.8) is 0 Å². The molecule has 0 saturated heterocycles. The summed E-state index contributed by atoms with van der Waals surface area (Å²) in [6.07, 6.45) is -1.83. The van der Waals surface area contributed by atoms with Crippen molar-refractivity contribution in [3.05, 3.63) is 161 Å². The standard InChI is InChI=1S/C35H29F3O6S.H3P/c1-41-29-23-30(42-2)32(33(25-15-7-3-8-16-25)44-45(39,40)35(36,37)38)31(24-29)43-34(26-17-9-4-10-18-26,27-19-11-5-12-20-27)28-21-13-6-14-22-28;/h3-24,33H,1-2H3;1H3. The predicted molar refractivity (Wildman–Crippen MR) is 175 cm³/mol. The molecule has 2 unspecified atom stereocenters. The third-order valence-electron chi connectivity index (χ3n) is 7.21. The first-order chi connectivity index (χ1) is 21.6. The van der Waals surface area contributed by atoms with Gasteiger partial charge in [0.25, 0.3) is 0 Å². The Hall–Kier alpha value is -4.37. The van der Waals surface area contributed by atoms with Crippen molar-refractivity contribution < 1.29 is 40.0 Å². The van der Waals surface area contributed by atoms with Crippen molar-refractivity contribution in [2.75, 3.05) is 14.2 Å². The van der Waals surface area contributed by atoms with E-state index in [1.807, 2.05) is 91.0 Å². The maximum absolute atomic E-state index is 13.8. The summed E-state index contributed by atoms with van der Waals surface area (Å²) in [6.45, 7) is 0. The Labute approximate surface area is 269 Å². The van der Waals surface area contributed by atoms with E-state index < -0.39 is 27.3 Å². The van der Waals surface area contributed by atoms with Gasteiger partial charge in [-0.05, 0) is 5.56 Å². The van der Waals surface area contributed by atoms with E-state index in [0.717, 1.165) is 0 Å². The Bertz CT molecular complexity index is 1730. The van der Waals surface area contributed by atoms with Crippen molar-refractivity contribution in [2.24, 2.45) is 0 Å². The monoisotopic (exact) mass is 668 g/mol. The lowest BCUT2D eigenvalue weighted by Gasteiger charge is -2.37. The van der Waals surface area contributed by atoms with E-state index in [1.165, 1.54) is 38.5 Å². The lowest BCUT2D eigenvalue weighted by molar-refractivity contribution is -0.0564. The van der Waals surface area contributed by atoms with Crippen molar-refractivity contribution in [1.82, 2.24) is 0 Å². The van der Waals surface area contributed by atoms with Gasteiger partial charge in [-0.25, -0.2) is 4.18 Å². The van der Waals surface area contributed by atoms with Gasteiger partial charge in [-0.2, -0.15) is 31.5 Å². The number of hydrogen-bond acceptors (Lipinski definition) is 6. The van der Waals surface area contributed by atoms with Gasteiger partial charge in [0, 0.05) is 28.8 Å². The van der Waals surface area contributed by atoms with Gasteiger partial charge >= 0.3 is 15.6 Å². The molecule has 0 saturated carbocycles. The summed E-state index contributed by atoms with van der Waals surface area (Å²) in [6, 6.07) is 38.4. The van der Waals surface area contributed by atoms with Crippen LogP contribution < -0.4 is 14.2 Å². The van der Waals surface area contributed by atoms with E-state index in [-0.39, 0.29) is 38.3 Å². The molecule has 46 heavy (non-hydrogen) atoms. The molecule has 0 aromatic heterocycles. The summed E-state index contributed by atoms with van der Waals surface area (Å²) in [7, 11) is -3.37. The zero-order chi connectivity index (χ0) is 32.1. The van der Waals surface area contributed by atoms with Crippen LogP contribution in [0.3, 0.4) is 0 Å². The summed E-state index contributed by atoms with van der Waals surface area (Å²) >= 11 is 0. The first kappa shape index (κ1) is 34.5. The molecule has 11 heteroatoms. The number of ether oxygens (including phenoxy) is 3. The van der Waals surface area contributed by atoms with Crippen molar-refractivity contribution in [3.8, 4) is 17.2 Å². The van der Waals surface area contributed by atoms with Gasteiger partial charge in [-0.15, -0.1) is 0 Å². The molecule has 5 aromatic carbocycles. The molecule has 0 amide bonds. The third kappa shape index (κ3) is 6.89. The number of hydrogen-bond donors (Lipinski definition) is 0. The topological polar surface area (TPSA) is 71.1 Å². The molecule has 0 aliphatic carbocycles. The fourth-order valence-corrected chi connectivity index (χ4v) is 5.72. The summed E-state index contributed by atoms with van der Waals surface area (Å²) in [5.74, 6) is 0.201. The number of alkyl halides is 3. The van der Waals surface area contributed by atoms with Gasteiger partial charge in [0.2, 0.25) is 0 Å². The van der Waals surface area contributed by atoms with Crippen LogP contribution in [0.25, 0.3) is 0 Å². The van der Waals surface area contributed by atoms with Gasteiger partial charge in [0.1, 0.15) is 23.4 Å². The van der Waals surface area contributed by atoms with Crippen LogP contribution in [0, 0.1) is 0 Å². The molecule has 0 bridgehead atoms. The minimum absolute atomic E-state index is 0. The summed E-state index contributed by atoms with van der Waals surface area (Å²) in [5.41, 5.74) is -4.99. The van der Waals surface area contributed by atoms with Crippen molar-refractivity contribution >= 4 is 20.0 Å². The fraction of sp³-hybridized carbons (Fsp3) is 0.143. The molecule has 0 aliphatic heterocycles. The van der Waals surface area contributed by atoms with E-state index in [1.54, 1.807) is 18.2 Å². The molecule has 0 spiro atoms. The molecular formula is C35H32F3O6PS. The minimum Gasteiger partial charge on any atom is -0.496 e. The normalized spacial score (nSPS) is 12.5. The van der Waals surface area contributed by atoms with Crippen LogP contribution in [-0.2, 0) is 19.9 Å². The average molecular weight is 669 g/mol. The summed E-state index contributed by atoms with van der Waals surface area (Å²) < 4.78 is 89.6.